The maximum absolute atomic E-state index is 12.6. The molecule has 2 amide bonds. The molecule has 27 heavy (non-hydrogen) atoms. The fourth-order valence-electron chi connectivity index (χ4n) is 3.82. The lowest BCUT2D eigenvalue weighted by molar-refractivity contribution is 0.0697. The highest BCUT2D eigenvalue weighted by Crippen LogP contribution is 2.20. The van der Waals surface area contributed by atoms with Crippen LogP contribution in [-0.4, -0.2) is 40.9 Å². The molecule has 1 aromatic heterocycles. The minimum absolute atomic E-state index is 0.0768. The summed E-state index contributed by atoms with van der Waals surface area (Å²) in [5.41, 5.74) is 3.18. The molecule has 0 aliphatic carbocycles. The first-order valence-electron chi connectivity index (χ1n) is 9.71. The van der Waals surface area contributed by atoms with Crippen LogP contribution in [0.3, 0.4) is 0 Å². The number of carbonyl (C=O) groups excluding carboxylic acids is 2. The van der Waals surface area contributed by atoms with E-state index in [2.05, 4.69) is 22.1 Å². The molecule has 2 aliphatic rings. The van der Waals surface area contributed by atoms with Gasteiger partial charge < -0.3 is 20.1 Å². The Balaban J connectivity index is 1.41. The number of nitrogens with one attached hydrogen (secondary N) is 2. The predicted octanol–water partition coefficient (Wildman–Crippen LogP) is 2.72. The molecule has 0 saturated carbocycles. The van der Waals surface area contributed by atoms with Crippen LogP contribution in [0.15, 0.2) is 36.4 Å². The van der Waals surface area contributed by atoms with E-state index in [4.69, 9.17) is 0 Å². The van der Waals surface area contributed by atoms with Crippen LogP contribution in [-0.2, 0) is 13.1 Å². The van der Waals surface area contributed by atoms with E-state index in [1.807, 2.05) is 17.0 Å². The average Bonchev–Trinajstić information content (AvgIpc) is 3.13. The Morgan fingerprint density at radius 2 is 1.78 bits per heavy atom. The summed E-state index contributed by atoms with van der Waals surface area (Å²) >= 11 is 0. The van der Waals surface area contributed by atoms with E-state index in [9.17, 15) is 9.59 Å². The monoisotopic (exact) mass is 366 g/mol. The van der Waals surface area contributed by atoms with Crippen LogP contribution >= 0.6 is 0 Å². The standard InChI is InChI=1S/C21H26N4O2/c1-15-8-11-24(12-9-15)21(27)16-2-4-17(5-3-16)23-20(26)19-7-6-18-14-22-10-13-25(18)19/h2-7,15,22H,8-14H2,1H3,(H,23,26). The quantitative estimate of drug-likeness (QED) is 0.878. The molecule has 1 saturated heterocycles. The Kier molecular flexibility index (Phi) is 4.99. The highest BCUT2D eigenvalue weighted by molar-refractivity contribution is 6.03. The normalized spacial score (nSPS) is 17.4. The van der Waals surface area contributed by atoms with E-state index in [-0.39, 0.29) is 11.8 Å². The number of rotatable bonds is 3. The zero-order valence-corrected chi connectivity index (χ0v) is 15.7. The number of aromatic nitrogens is 1. The van der Waals surface area contributed by atoms with Crippen molar-refractivity contribution in [3.63, 3.8) is 0 Å². The maximum Gasteiger partial charge on any atom is 0.272 e. The lowest BCUT2D eigenvalue weighted by atomic mass is 9.98. The molecule has 6 nitrogen and oxygen atoms in total. The van der Waals surface area contributed by atoms with Crippen LogP contribution in [0, 0.1) is 5.92 Å². The second-order valence-corrected chi connectivity index (χ2v) is 7.54. The van der Waals surface area contributed by atoms with Crippen LogP contribution in [0.4, 0.5) is 5.69 Å². The van der Waals surface area contributed by atoms with Gasteiger partial charge in [-0.15, -0.1) is 0 Å². The van der Waals surface area contributed by atoms with E-state index in [0.29, 0.717) is 22.9 Å². The second-order valence-electron chi connectivity index (χ2n) is 7.54. The lowest BCUT2D eigenvalue weighted by Crippen LogP contribution is -2.37. The Morgan fingerprint density at radius 1 is 1.04 bits per heavy atom. The van der Waals surface area contributed by atoms with Crippen molar-refractivity contribution in [1.82, 2.24) is 14.8 Å². The molecule has 4 rings (SSSR count). The highest BCUT2D eigenvalue weighted by Gasteiger charge is 2.21. The number of likely N-dealkylation sites (tertiary alicyclic amines) is 1. The first-order valence-corrected chi connectivity index (χ1v) is 9.71. The van der Waals surface area contributed by atoms with Gasteiger partial charge in [-0.2, -0.15) is 0 Å². The fourth-order valence-corrected chi connectivity index (χ4v) is 3.82. The molecule has 3 heterocycles. The van der Waals surface area contributed by atoms with Crippen molar-refractivity contribution in [2.75, 3.05) is 25.0 Å². The lowest BCUT2D eigenvalue weighted by Gasteiger charge is -2.30. The van der Waals surface area contributed by atoms with Crippen molar-refractivity contribution in [2.24, 2.45) is 5.92 Å². The zero-order chi connectivity index (χ0) is 18.8. The van der Waals surface area contributed by atoms with Gasteiger partial charge in [0.25, 0.3) is 11.8 Å². The predicted molar refractivity (Wildman–Crippen MR) is 105 cm³/mol. The molecule has 1 aromatic carbocycles. The Hall–Kier alpha value is -2.60. The van der Waals surface area contributed by atoms with Gasteiger partial charge in [0.1, 0.15) is 5.69 Å². The van der Waals surface area contributed by atoms with E-state index in [0.717, 1.165) is 51.3 Å². The molecule has 2 aliphatic heterocycles. The van der Waals surface area contributed by atoms with E-state index >= 15 is 0 Å². The molecule has 0 radical (unpaired) electrons. The largest absolute Gasteiger partial charge is 0.339 e. The SMILES string of the molecule is CC1CCN(C(=O)c2ccc(NC(=O)c3ccc4n3CCNC4)cc2)CC1. The molecule has 1 fully saturated rings. The van der Waals surface area contributed by atoms with Crippen LogP contribution in [0.2, 0.25) is 0 Å². The first kappa shape index (κ1) is 17.8. The van der Waals surface area contributed by atoms with Gasteiger partial charge in [0.15, 0.2) is 0 Å². The summed E-state index contributed by atoms with van der Waals surface area (Å²) in [6.07, 6.45) is 2.13. The second kappa shape index (κ2) is 7.56. The van der Waals surface area contributed by atoms with Gasteiger partial charge in [0.2, 0.25) is 0 Å². The Bertz CT molecular complexity index is 832. The summed E-state index contributed by atoms with van der Waals surface area (Å²) in [5.74, 6) is 0.655. The third-order valence-electron chi connectivity index (χ3n) is 5.58. The number of anilines is 1. The summed E-state index contributed by atoms with van der Waals surface area (Å²) in [4.78, 5) is 27.2. The third kappa shape index (κ3) is 3.76. The minimum Gasteiger partial charge on any atom is -0.339 e. The Labute approximate surface area is 159 Å². The molecular formula is C21H26N4O2. The van der Waals surface area contributed by atoms with Gasteiger partial charge in [-0.1, -0.05) is 6.92 Å². The summed E-state index contributed by atoms with van der Waals surface area (Å²) < 4.78 is 2.06. The van der Waals surface area contributed by atoms with Crippen LogP contribution in [0.1, 0.15) is 46.3 Å². The fraction of sp³-hybridized carbons (Fsp3) is 0.429. The molecule has 2 aromatic rings. The van der Waals surface area contributed by atoms with Crippen molar-refractivity contribution >= 4 is 17.5 Å². The number of nitrogens with zero attached hydrogens (tertiary/aromatic N) is 2. The summed E-state index contributed by atoms with van der Waals surface area (Å²) in [6.45, 7) is 6.34. The van der Waals surface area contributed by atoms with Crippen LogP contribution in [0.5, 0.6) is 0 Å². The maximum atomic E-state index is 12.6. The van der Waals surface area contributed by atoms with Crippen molar-refractivity contribution < 1.29 is 9.59 Å². The van der Waals surface area contributed by atoms with E-state index in [1.165, 1.54) is 0 Å². The molecular weight excluding hydrogens is 340 g/mol. The summed E-state index contributed by atoms with van der Waals surface area (Å²) in [5, 5.41) is 6.24. The van der Waals surface area contributed by atoms with Crippen molar-refractivity contribution in [2.45, 2.75) is 32.9 Å². The van der Waals surface area contributed by atoms with Crippen molar-refractivity contribution in [3.8, 4) is 0 Å². The zero-order valence-electron chi connectivity index (χ0n) is 15.7. The first-order chi connectivity index (χ1) is 13.1. The molecule has 0 spiro atoms. The Morgan fingerprint density at radius 3 is 2.52 bits per heavy atom. The van der Waals surface area contributed by atoms with Gasteiger partial charge in [-0.25, -0.2) is 0 Å². The average molecular weight is 366 g/mol. The third-order valence-corrected chi connectivity index (χ3v) is 5.58. The van der Waals surface area contributed by atoms with Gasteiger partial charge >= 0.3 is 0 Å². The van der Waals surface area contributed by atoms with E-state index < -0.39 is 0 Å². The minimum atomic E-state index is -0.118. The smallest absolute Gasteiger partial charge is 0.272 e. The molecule has 0 atom stereocenters. The van der Waals surface area contributed by atoms with Gasteiger partial charge in [0, 0.05) is 49.7 Å². The van der Waals surface area contributed by atoms with Gasteiger partial charge in [-0.05, 0) is 55.2 Å². The highest BCUT2D eigenvalue weighted by atomic mass is 16.2. The van der Waals surface area contributed by atoms with Crippen molar-refractivity contribution in [1.29, 1.82) is 0 Å². The molecule has 0 bridgehead atoms. The molecule has 6 heteroatoms. The number of benzene rings is 1. The number of piperidine rings is 1. The van der Waals surface area contributed by atoms with Gasteiger partial charge in [-0.3, -0.25) is 9.59 Å². The number of hydrogen-bond acceptors (Lipinski definition) is 3. The number of carbonyl (C=O) groups is 2. The van der Waals surface area contributed by atoms with Crippen LogP contribution in [0.25, 0.3) is 0 Å². The van der Waals surface area contributed by atoms with Crippen molar-refractivity contribution in [3.05, 3.63) is 53.3 Å². The number of amides is 2. The van der Waals surface area contributed by atoms with Gasteiger partial charge in [0.05, 0.1) is 0 Å². The molecule has 0 unspecified atom stereocenters. The van der Waals surface area contributed by atoms with Crippen LogP contribution < -0.4 is 10.6 Å². The van der Waals surface area contributed by atoms with E-state index in [1.54, 1.807) is 24.3 Å². The number of fused-ring (bicyclic) bond motifs is 1. The summed E-state index contributed by atoms with van der Waals surface area (Å²) in [6, 6.07) is 11.1. The molecule has 142 valence electrons. The molecule has 2 N–H and O–H groups in total. The number of hydrogen-bond donors (Lipinski definition) is 2. The summed E-state index contributed by atoms with van der Waals surface area (Å²) in [7, 11) is 0. The topological polar surface area (TPSA) is 66.4 Å².